The Bertz CT molecular complexity index is 2840. The standard InChI is InChI=1S/2C24H24ClFN4O3.Ni/c2*1-14-13-33-23-21-17(11-19(26)22(23)29-9-7-28(2)8-10-29)20(18(24(31)32)12-30(14)21)27-16-5-3-15(25)4-6-16;/h2*3-6,11-12,14H,7-10,13H2,1-2H3,(H,31,32);/q;;+2/p-2. The molecule has 10 rings (SSSR count). The van der Waals surface area contributed by atoms with Gasteiger partial charge in [-0.2, -0.15) is 0 Å². The molecule has 4 aromatic carbocycles. The number of anilines is 2. The molecule has 0 amide bonds. The Morgan fingerprint density at radius 3 is 1.28 bits per heavy atom. The minimum atomic E-state index is -1.38. The first-order chi connectivity index (χ1) is 31.7. The number of benzene rings is 4. The van der Waals surface area contributed by atoms with Crippen LogP contribution in [-0.4, -0.2) is 111 Å². The average Bonchev–Trinajstić information content (AvgIpc) is 3.29. The number of hydrogen-bond donors (Lipinski definition) is 0. The topological polar surface area (TPSA) is 146 Å². The number of carbonyl (C=O) groups excluding carboxylic acids is 2. The SMILES string of the molecule is CC1COc2c(N3CCN(C)CC3)c(F)cc3c(=Nc4ccc(Cl)cc4)c(C(=O)[O-])cn1c23.CC1COc2c(N3CCN(C)CC3)c(F)cc3c(=Nc4ccc(Cl)cc4)c(C(=O)[O-])cn1c23.[Ni+2]. The molecule has 0 radical (unpaired) electrons. The predicted molar refractivity (Wildman–Crippen MR) is 246 cm³/mol. The first-order valence-corrected chi connectivity index (χ1v) is 22.4. The van der Waals surface area contributed by atoms with Crippen molar-refractivity contribution in [3.8, 4) is 11.5 Å². The number of carbonyl (C=O) groups is 2. The van der Waals surface area contributed by atoms with Gasteiger partial charge in [0.25, 0.3) is 0 Å². The predicted octanol–water partition coefficient (Wildman–Crippen LogP) is 5.47. The van der Waals surface area contributed by atoms with Gasteiger partial charge in [-0.05, 0) is 88.6 Å². The molecule has 2 fully saturated rings. The number of piperazine rings is 2. The van der Waals surface area contributed by atoms with Crippen LogP contribution in [-0.2, 0) is 16.5 Å². The fourth-order valence-electron chi connectivity index (χ4n) is 8.92. The Morgan fingerprint density at radius 2 is 0.955 bits per heavy atom. The van der Waals surface area contributed by atoms with E-state index in [-0.39, 0.29) is 50.4 Å². The van der Waals surface area contributed by atoms with Gasteiger partial charge in [0.15, 0.2) is 23.1 Å². The number of hydrogen-bond acceptors (Lipinski definition) is 12. The molecule has 2 atom stereocenters. The van der Waals surface area contributed by atoms with E-state index in [1.807, 2.05) is 46.9 Å². The smallest absolute Gasteiger partial charge is 0.545 e. The maximum absolute atomic E-state index is 15.6. The fraction of sp³-hybridized carbons (Fsp3) is 0.333. The van der Waals surface area contributed by atoms with Crippen LogP contribution in [0.5, 0.6) is 11.5 Å². The minimum absolute atomic E-state index is 0. The third kappa shape index (κ3) is 9.32. The van der Waals surface area contributed by atoms with E-state index < -0.39 is 23.6 Å². The second-order valence-electron chi connectivity index (χ2n) is 17.1. The van der Waals surface area contributed by atoms with Crippen molar-refractivity contribution in [1.82, 2.24) is 18.9 Å². The normalized spacial score (nSPS) is 18.8. The first kappa shape index (κ1) is 47.8. The van der Waals surface area contributed by atoms with Crippen molar-refractivity contribution >= 4 is 79.7 Å². The van der Waals surface area contributed by atoms with Crippen molar-refractivity contribution in [1.29, 1.82) is 0 Å². The molecule has 352 valence electrons. The molecule has 19 heteroatoms. The van der Waals surface area contributed by atoms with Crippen molar-refractivity contribution < 1.29 is 54.5 Å². The van der Waals surface area contributed by atoms with Crippen LogP contribution >= 0.6 is 23.2 Å². The molecular formula is C48H46Cl2F2N8NiO6. The molecule has 67 heavy (non-hydrogen) atoms. The number of likely N-dealkylation sites (N-methyl/N-ethyl adjacent to an activating group) is 2. The Hall–Kier alpha value is -5.71. The molecule has 4 aliphatic rings. The van der Waals surface area contributed by atoms with Crippen molar-refractivity contribution in [2.24, 2.45) is 9.98 Å². The van der Waals surface area contributed by atoms with E-state index in [0.717, 1.165) is 26.2 Å². The minimum Gasteiger partial charge on any atom is -0.545 e. The van der Waals surface area contributed by atoms with E-state index in [1.165, 1.54) is 24.5 Å². The number of rotatable bonds is 6. The molecule has 6 aromatic rings. The zero-order chi connectivity index (χ0) is 46.6. The molecule has 2 saturated heterocycles. The van der Waals surface area contributed by atoms with Gasteiger partial charge < -0.3 is 58.0 Å². The summed E-state index contributed by atoms with van der Waals surface area (Å²) in [5, 5.41) is 26.2. The molecule has 0 aliphatic carbocycles. The van der Waals surface area contributed by atoms with Crippen LogP contribution in [0.2, 0.25) is 10.0 Å². The van der Waals surface area contributed by atoms with E-state index in [9.17, 15) is 19.8 Å². The molecule has 0 saturated carbocycles. The summed E-state index contributed by atoms with van der Waals surface area (Å²) in [6, 6.07) is 15.8. The van der Waals surface area contributed by atoms with Crippen molar-refractivity contribution in [2.75, 3.05) is 89.5 Å². The Balaban J connectivity index is 0.000000179. The number of ether oxygens (including phenoxy) is 2. The third-order valence-corrected chi connectivity index (χ3v) is 13.0. The van der Waals surface area contributed by atoms with Gasteiger partial charge in [0.2, 0.25) is 0 Å². The summed E-state index contributed by atoms with van der Waals surface area (Å²) in [6.07, 6.45) is 3.05. The van der Waals surface area contributed by atoms with E-state index >= 15 is 8.78 Å². The zero-order valence-corrected chi connectivity index (χ0v) is 39.5. The molecule has 0 bridgehead atoms. The van der Waals surface area contributed by atoms with Gasteiger partial charge in [-0.15, -0.1) is 0 Å². The van der Waals surface area contributed by atoms with Gasteiger partial charge in [0.05, 0.1) is 57.1 Å². The summed E-state index contributed by atoms with van der Waals surface area (Å²) >= 11 is 11.9. The van der Waals surface area contributed by atoms with Gasteiger partial charge in [-0.3, -0.25) is 0 Å². The number of nitrogens with zero attached hydrogens (tertiary/aromatic N) is 8. The monoisotopic (exact) mass is 996 g/mol. The van der Waals surface area contributed by atoms with E-state index in [1.54, 1.807) is 48.5 Å². The first-order valence-electron chi connectivity index (χ1n) is 21.6. The van der Waals surface area contributed by atoms with Crippen LogP contribution in [0.1, 0.15) is 46.6 Å². The van der Waals surface area contributed by atoms with Crippen LogP contribution in [0.3, 0.4) is 0 Å². The molecule has 0 spiro atoms. The molecule has 14 nitrogen and oxygen atoms in total. The Kier molecular flexibility index (Phi) is 13.9. The largest absolute Gasteiger partial charge is 2.00 e. The summed E-state index contributed by atoms with van der Waals surface area (Å²) in [6.45, 7) is 10.4. The zero-order valence-electron chi connectivity index (χ0n) is 37.0. The third-order valence-electron chi connectivity index (χ3n) is 12.5. The van der Waals surface area contributed by atoms with Crippen molar-refractivity contribution in [3.05, 3.63) is 117 Å². The van der Waals surface area contributed by atoms with Crippen LogP contribution < -0.4 is 40.2 Å². The van der Waals surface area contributed by atoms with Gasteiger partial charge >= 0.3 is 16.5 Å². The summed E-state index contributed by atoms with van der Waals surface area (Å²) < 4.78 is 47.1. The van der Waals surface area contributed by atoms with Crippen molar-refractivity contribution in [2.45, 2.75) is 25.9 Å². The summed E-state index contributed by atoms with van der Waals surface area (Å²) in [5.74, 6) is -2.85. The van der Waals surface area contributed by atoms with Gasteiger partial charge in [-0.1, -0.05) is 23.2 Å². The fourth-order valence-corrected chi connectivity index (χ4v) is 9.17. The van der Waals surface area contributed by atoms with E-state index in [2.05, 4.69) is 19.8 Å². The second-order valence-corrected chi connectivity index (χ2v) is 18.0. The number of carboxylic acids is 2. The number of aromatic carboxylic acids is 2. The summed E-state index contributed by atoms with van der Waals surface area (Å²) in [4.78, 5) is 41.6. The number of halogens is 4. The molecule has 0 N–H and O–H groups in total. The van der Waals surface area contributed by atoms with Gasteiger partial charge in [0, 0.05) is 96.7 Å². The maximum atomic E-state index is 15.6. The van der Waals surface area contributed by atoms with Gasteiger partial charge in [0.1, 0.15) is 24.6 Å². The second kappa shape index (κ2) is 19.5. The number of carboxylic acid groups (broad SMARTS) is 2. The van der Waals surface area contributed by atoms with E-state index in [4.69, 9.17) is 32.7 Å². The number of pyridine rings is 2. The Morgan fingerprint density at radius 1 is 0.612 bits per heavy atom. The number of aromatic nitrogens is 2. The molecule has 2 unspecified atom stereocenters. The molecule has 2 aromatic heterocycles. The van der Waals surface area contributed by atoms with Crippen molar-refractivity contribution in [3.63, 3.8) is 0 Å². The molecule has 4 aliphatic heterocycles. The van der Waals surface area contributed by atoms with Gasteiger partial charge in [-0.25, -0.2) is 18.8 Å². The maximum Gasteiger partial charge on any atom is 2.00 e. The Labute approximate surface area is 404 Å². The van der Waals surface area contributed by atoms with Crippen LogP contribution in [0, 0.1) is 11.6 Å². The van der Waals surface area contributed by atoms with Crippen LogP contribution in [0.15, 0.2) is 83.0 Å². The average molecular weight is 999 g/mol. The summed E-state index contributed by atoms with van der Waals surface area (Å²) in [7, 11) is 4.08. The van der Waals surface area contributed by atoms with E-state index in [0.29, 0.717) is 105 Å². The quantitative estimate of drug-likeness (QED) is 0.197. The molecule has 6 heterocycles. The van der Waals surface area contributed by atoms with Crippen LogP contribution in [0.4, 0.5) is 31.5 Å². The summed E-state index contributed by atoms with van der Waals surface area (Å²) in [5.41, 5.74) is 2.86. The van der Waals surface area contributed by atoms with Crippen LogP contribution in [0.25, 0.3) is 21.8 Å². The molecular weight excluding hydrogens is 952 g/mol.